The van der Waals surface area contributed by atoms with Crippen molar-refractivity contribution < 1.29 is 9.59 Å². The molecule has 0 aromatic rings. The molecule has 1 unspecified atom stereocenters. The molecule has 0 saturated heterocycles. The van der Waals surface area contributed by atoms with Gasteiger partial charge in [0.1, 0.15) is 0 Å². The van der Waals surface area contributed by atoms with Crippen LogP contribution in [0.3, 0.4) is 0 Å². The van der Waals surface area contributed by atoms with Gasteiger partial charge in [-0.1, -0.05) is 13.8 Å². The number of amides is 2. The zero-order chi connectivity index (χ0) is 14.1. The number of unbranched alkanes of at least 4 members (excludes halogenated alkanes) is 1. The van der Waals surface area contributed by atoms with E-state index >= 15 is 0 Å². The zero-order valence-corrected chi connectivity index (χ0v) is 12.0. The molecule has 0 aromatic carbocycles. The molecule has 4 N–H and O–H groups in total. The van der Waals surface area contributed by atoms with Crippen LogP contribution in [0.1, 0.15) is 47.0 Å². The Labute approximate surface area is 110 Å². The maximum Gasteiger partial charge on any atom is 0.237 e. The van der Waals surface area contributed by atoms with Gasteiger partial charge in [0.05, 0.1) is 6.04 Å². The molecule has 0 aliphatic carbocycles. The fourth-order valence-electron chi connectivity index (χ4n) is 1.43. The Kier molecular flexibility index (Phi) is 8.37. The van der Waals surface area contributed by atoms with Crippen LogP contribution in [0.25, 0.3) is 0 Å². The first kappa shape index (κ1) is 16.9. The summed E-state index contributed by atoms with van der Waals surface area (Å²) in [6.07, 6.45) is 2.34. The molecule has 0 spiro atoms. The highest BCUT2D eigenvalue weighted by Crippen LogP contribution is 1.99. The third kappa shape index (κ3) is 8.06. The lowest BCUT2D eigenvalue weighted by Gasteiger charge is -2.14. The molecule has 0 aliphatic rings. The minimum Gasteiger partial charge on any atom is -0.356 e. The van der Waals surface area contributed by atoms with Crippen LogP contribution in [0.15, 0.2) is 0 Å². The Bertz CT molecular complexity index is 265. The number of nitrogens with one attached hydrogen (secondary N) is 2. The summed E-state index contributed by atoms with van der Waals surface area (Å²) < 4.78 is 0. The number of carbonyl (C=O) groups excluding carboxylic acids is 2. The van der Waals surface area contributed by atoms with Gasteiger partial charge in [0, 0.05) is 18.5 Å². The lowest BCUT2D eigenvalue weighted by molar-refractivity contribution is -0.124. The standard InChI is InChI=1S/C13H27N3O2/c1-9(2)12(17)15-8-6-5-7-11(14)13(18)16-10(3)4/h9-11H,5-8,14H2,1-4H3,(H,15,17)(H,16,18). The Morgan fingerprint density at radius 3 is 2.17 bits per heavy atom. The number of nitrogens with two attached hydrogens (primary N) is 1. The highest BCUT2D eigenvalue weighted by atomic mass is 16.2. The summed E-state index contributed by atoms with van der Waals surface area (Å²) in [7, 11) is 0. The minimum atomic E-state index is -0.451. The Morgan fingerprint density at radius 1 is 1.06 bits per heavy atom. The normalized spacial score (nSPS) is 12.6. The van der Waals surface area contributed by atoms with Crippen molar-refractivity contribution in [2.75, 3.05) is 6.54 Å². The molecule has 0 aromatic heterocycles. The van der Waals surface area contributed by atoms with E-state index in [1.165, 1.54) is 0 Å². The van der Waals surface area contributed by atoms with E-state index in [2.05, 4.69) is 10.6 Å². The summed E-state index contributed by atoms with van der Waals surface area (Å²) >= 11 is 0. The summed E-state index contributed by atoms with van der Waals surface area (Å²) in [4.78, 5) is 22.8. The smallest absolute Gasteiger partial charge is 0.237 e. The summed E-state index contributed by atoms with van der Waals surface area (Å²) in [5.74, 6) is -0.0165. The van der Waals surface area contributed by atoms with Crippen LogP contribution in [0.2, 0.25) is 0 Å². The highest BCUT2D eigenvalue weighted by Gasteiger charge is 2.13. The van der Waals surface area contributed by atoms with Crippen molar-refractivity contribution >= 4 is 11.8 Å². The molecule has 0 bridgehead atoms. The average molecular weight is 257 g/mol. The largest absolute Gasteiger partial charge is 0.356 e. The lowest BCUT2D eigenvalue weighted by Crippen LogP contribution is -2.43. The predicted molar refractivity (Wildman–Crippen MR) is 73.0 cm³/mol. The third-order valence-corrected chi connectivity index (χ3v) is 2.53. The van der Waals surface area contributed by atoms with Gasteiger partial charge in [0.25, 0.3) is 0 Å². The van der Waals surface area contributed by atoms with Gasteiger partial charge in [-0.3, -0.25) is 9.59 Å². The predicted octanol–water partition coefficient (Wildman–Crippen LogP) is 0.781. The van der Waals surface area contributed by atoms with Crippen molar-refractivity contribution in [3.63, 3.8) is 0 Å². The van der Waals surface area contributed by atoms with Crippen LogP contribution in [0.4, 0.5) is 0 Å². The Balaban J connectivity index is 3.60. The van der Waals surface area contributed by atoms with Crippen molar-refractivity contribution in [2.45, 2.75) is 59.0 Å². The molecule has 0 heterocycles. The van der Waals surface area contributed by atoms with E-state index in [1.807, 2.05) is 27.7 Å². The molecule has 0 aliphatic heterocycles. The van der Waals surface area contributed by atoms with E-state index in [1.54, 1.807) is 0 Å². The summed E-state index contributed by atoms with van der Waals surface area (Å²) in [6.45, 7) is 8.19. The van der Waals surface area contributed by atoms with Crippen LogP contribution in [0, 0.1) is 5.92 Å². The second kappa shape index (κ2) is 8.91. The first-order valence-electron chi connectivity index (χ1n) is 6.68. The van der Waals surface area contributed by atoms with Crippen molar-refractivity contribution in [3.8, 4) is 0 Å². The molecule has 1 atom stereocenters. The molecular weight excluding hydrogens is 230 g/mol. The van der Waals surface area contributed by atoms with Gasteiger partial charge in [-0.15, -0.1) is 0 Å². The second-order valence-corrected chi connectivity index (χ2v) is 5.21. The molecule has 0 fully saturated rings. The van der Waals surface area contributed by atoms with Crippen LogP contribution >= 0.6 is 0 Å². The van der Waals surface area contributed by atoms with Gasteiger partial charge in [-0.25, -0.2) is 0 Å². The summed E-state index contributed by atoms with van der Waals surface area (Å²) in [6, 6.07) is -0.331. The van der Waals surface area contributed by atoms with E-state index in [9.17, 15) is 9.59 Å². The SMILES string of the molecule is CC(C)NC(=O)C(N)CCCCNC(=O)C(C)C. The lowest BCUT2D eigenvalue weighted by atomic mass is 10.1. The van der Waals surface area contributed by atoms with Gasteiger partial charge >= 0.3 is 0 Å². The first-order valence-corrected chi connectivity index (χ1v) is 6.68. The molecular formula is C13H27N3O2. The third-order valence-electron chi connectivity index (χ3n) is 2.53. The minimum absolute atomic E-state index is 0.0177. The number of rotatable bonds is 8. The zero-order valence-electron chi connectivity index (χ0n) is 12.0. The molecule has 5 heteroatoms. The number of hydrogen-bond acceptors (Lipinski definition) is 3. The van der Waals surface area contributed by atoms with E-state index in [0.717, 1.165) is 12.8 Å². The van der Waals surface area contributed by atoms with Crippen molar-refractivity contribution in [1.82, 2.24) is 10.6 Å². The second-order valence-electron chi connectivity index (χ2n) is 5.21. The van der Waals surface area contributed by atoms with Crippen LogP contribution < -0.4 is 16.4 Å². The fraction of sp³-hybridized carbons (Fsp3) is 0.846. The Morgan fingerprint density at radius 2 is 1.67 bits per heavy atom. The van der Waals surface area contributed by atoms with E-state index in [4.69, 9.17) is 5.73 Å². The van der Waals surface area contributed by atoms with Gasteiger partial charge in [0.2, 0.25) is 11.8 Å². The maximum absolute atomic E-state index is 11.5. The molecule has 0 rings (SSSR count). The summed E-state index contributed by atoms with van der Waals surface area (Å²) in [5, 5.41) is 5.62. The molecule has 106 valence electrons. The molecule has 5 nitrogen and oxygen atoms in total. The molecule has 0 radical (unpaired) electrons. The van der Waals surface area contributed by atoms with E-state index in [0.29, 0.717) is 13.0 Å². The average Bonchev–Trinajstić information content (AvgIpc) is 2.26. The first-order chi connectivity index (χ1) is 8.34. The number of hydrogen-bond donors (Lipinski definition) is 3. The maximum atomic E-state index is 11.5. The van der Waals surface area contributed by atoms with Gasteiger partial charge in [-0.05, 0) is 33.1 Å². The van der Waals surface area contributed by atoms with Crippen molar-refractivity contribution in [2.24, 2.45) is 11.7 Å². The van der Waals surface area contributed by atoms with Gasteiger partial charge < -0.3 is 16.4 Å². The molecule has 18 heavy (non-hydrogen) atoms. The monoisotopic (exact) mass is 257 g/mol. The van der Waals surface area contributed by atoms with E-state index in [-0.39, 0.29) is 23.8 Å². The molecule has 0 saturated carbocycles. The van der Waals surface area contributed by atoms with Crippen molar-refractivity contribution in [1.29, 1.82) is 0 Å². The van der Waals surface area contributed by atoms with Crippen molar-refractivity contribution in [3.05, 3.63) is 0 Å². The van der Waals surface area contributed by atoms with Crippen LogP contribution in [-0.4, -0.2) is 30.4 Å². The highest BCUT2D eigenvalue weighted by molar-refractivity contribution is 5.81. The molecule has 2 amide bonds. The fourth-order valence-corrected chi connectivity index (χ4v) is 1.43. The Hall–Kier alpha value is -1.10. The van der Waals surface area contributed by atoms with Gasteiger partial charge in [0.15, 0.2) is 0 Å². The topological polar surface area (TPSA) is 84.2 Å². The summed E-state index contributed by atoms with van der Waals surface area (Å²) in [5.41, 5.74) is 5.76. The van der Waals surface area contributed by atoms with Gasteiger partial charge in [-0.2, -0.15) is 0 Å². The van der Waals surface area contributed by atoms with Crippen LogP contribution in [0.5, 0.6) is 0 Å². The number of carbonyl (C=O) groups is 2. The van der Waals surface area contributed by atoms with E-state index < -0.39 is 6.04 Å². The quantitative estimate of drug-likeness (QED) is 0.562. The van der Waals surface area contributed by atoms with Crippen LogP contribution in [-0.2, 0) is 9.59 Å².